The third-order valence-electron chi connectivity index (χ3n) is 2.73. The molecule has 0 atom stereocenters. The third-order valence-corrected chi connectivity index (χ3v) is 2.73. The lowest BCUT2D eigenvalue weighted by atomic mass is 10.2. The lowest BCUT2D eigenvalue weighted by Gasteiger charge is -2.11. The minimum absolute atomic E-state index is 0.147. The Morgan fingerprint density at radius 2 is 1.85 bits per heavy atom. The van der Waals surface area contributed by atoms with Crippen LogP contribution in [0.3, 0.4) is 0 Å². The molecule has 0 fully saturated rings. The number of anilines is 1. The summed E-state index contributed by atoms with van der Waals surface area (Å²) in [6, 6.07) is 12.0. The van der Waals surface area contributed by atoms with Crippen LogP contribution in [-0.4, -0.2) is 11.2 Å². The monoisotopic (exact) mass is 275 g/mol. The molecule has 0 aliphatic carbocycles. The molecule has 20 heavy (non-hydrogen) atoms. The van der Waals surface area contributed by atoms with Crippen LogP contribution >= 0.6 is 0 Å². The number of phenolic OH excluding ortho intramolecular Hbond substituents is 1. The Labute approximate surface area is 118 Å². The summed E-state index contributed by atoms with van der Waals surface area (Å²) in [6.07, 6.45) is 0.147. The molecule has 3 nitrogen and oxygen atoms in total. The van der Waals surface area contributed by atoms with Gasteiger partial charge in [0.15, 0.2) is 11.6 Å². The van der Waals surface area contributed by atoms with E-state index in [2.05, 4.69) is 5.32 Å². The number of halogens is 1. The van der Waals surface area contributed by atoms with Gasteiger partial charge in [0.05, 0.1) is 6.10 Å². The number of benzene rings is 2. The lowest BCUT2D eigenvalue weighted by Crippen LogP contribution is -2.05. The Kier molecular flexibility index (Phi) is 4.45. The molecule has 0 aliphatic rings. The van der Waals surface area contributed by atoms with Gasteiger partial charge in [0.25, 0.3) is 0 Å². The second-order valence-corrected chi connectivity index (χ2v) is 4.83. The number of nitrogens with one attached hydrogen (secondary N) is 1. The minimum Gasteiger partial charge on any atom is -0.505 e. The van der Waals surface area contributed by atoms with E-state index in [9.17, 15) is 4.39 Å². The van der Waals surface area contributed by atoms with Crippen LogP contribution in [0.4, 0.5) is 10.1 Å². The molecule has 0 amide bonds. The van der Waals surface area contributed by atoms with Crippen molar-refractivity contribution in [3.63, 3.8) is 0 Å². The quantitative estimate of drug-likeness (QED) is 0.868. The average Bonchev–Trinajstić information content (AvgIpc) is 2.41. The van der Waals surface area contributed by atoms with Crippen LogP contribution in [0.1, 0.15) is 19.4 Å². The van der Waals surface area contributed by atoms with E-state index in [1.807, 2.05) is 38.1 Å². The smallest absolute Gasteiger partial charge is 0.165 e. The summed E-state index contributed by atoms with van der Waals surface area (Å²) in [4.78, 5) is 0. The zero-order valence-electron chi connectivity index (χ0n) is 11.6. The van der Waals surface area contributed by atoms with Gasteiger partial charge in [0.2, 0.25) is 0 Å². The fraction of sp³-hybridized carbons (Fsp3) is 0.250. The first-order chi connectivity index (χ1) is 9.54. The minimum atomic E-state index is -0.606. The van der Waals surface area contributed by atoms with Crippen molar-refractivity contribution in [1.29, 1.82) is 0 Å². The van der Waals surface area contributed by atoms with Crippen LogP contribution in [0.5, 0.6) is 11.5 Å². The third kappa shape index (κ3) is 3.88. The van der Waals surface area contributed by atoms with Gasteiger partial charge in [0.1, 0.15) is 5.75 Å². The summed E-state index contributed by atoms with van der Waals surface area (Å²) >= 11 is 0. The molecule has 2 aromatic carbocycles. The first-order valence-electron chi connectivity index (χ1n) is 6.52. The van der Waals surface area contributed by atoms with Crippen molar-refractivity contribution >= 4 is 5.69 Å². The molecular weight excluding hydrogens is 257 g/mol. The maximum absolute atomic E-state index is 13.2. The molecule has 0 aliphatic heterocycles. The molecule has 0 unspecified atom stereocenters. The Hall–Kier alpha value is -2.23. The highest BCUT2D eigenvalue weighted by Crippen LogP contribution is 2.19. The normalized spacial score (nSPS) is 10.6. The first-order valence-corrected chi connectivity index (χ1v) is 6.52. The van der Waals surface area contributed by atoms with E-state index in [-0.39, 0.29) is 11.9 Å². The van der Waals surface area contributed by atoms with Crippen LogP contribution in [-0.2, 0) is 6.54 Å². The summed E-state index contributed by atoms with van der Waals surface area (Å²) in [6.45, 7) is 4.44. The largest absolute Gasteiger partial charge is 0.505 e. The Balaban J connectivity index is 1.95. The van der Waals surface area contributed by atoms with Gasteiger partial charge in [-0.05, 0) is 55.8 Å². The molecule has 0 spiro atoms. The van der Waals surface area contributed by atoms with Crippen molar-refractivity contribution in [2.45, 2.75) is 26.5 Å². The topological polar surface area (TPSA) is 41.5 Å². The number of hydrogen-bond donors (Lipinski definition) is 2. The Morgan fingerprint density at radius 1 is 1.15 bits per heavy atom. The van der Waals surface area contributed by atoms with Gasteiger partial charge in [-0.2, -0.15) is 0 Å². The molecule has 0 aromatic heterocycles. The number of hydrogen-bond acceptors (Lipinski definition) is 3. The van der Waals surface area contributed by atoms with Crippen LogP contribution < -0.4 is 10.1 Å². The standard InChI is InChI=1S/C16H18FNO2/c1-11(2)20-14-6-4-13(5-7-14)18-10-12-3-8-16(19)15(17)9-12/h3-9,11,18-19H,10H2,1-2H3. The molecule has 106 valence electrons. The van der Waals surface area contributed by atoms with E-state index in [4.69, 9.17) is 9.84 Å². The van der Waals surface area contributed by atoms with E-state index >= 15 is 0 Å². The first kappa shape index (κ1) is 14.2. The van der Waals surface area contributed by atoms with Gasteiger partial charge >= 0.3 is 0 Å². The highest BCUT2D eigenvalue weighted by Gasteiger charge is 2.02. The van der Waals surface area contributed by atoms with Crippen molar-refractivity contribution in [1.82, 2.24) is 0 Å². The van der Waals surface area contributed by atoms with Crippen molar-refractivity contribution in [3.05, 3.63) is 53.8 Å². The van der Waals surface area contributed by atoms with Crippen LogP contribution in [0.25, 0.3) is 0 Å². The van der Waals surface area contributed by atoms with E-state index in [0.717, 1.165) is 17.0 Å². The predicted molar refractivity (Wildman–Crippen MR) is 77.6 cm³/mol. The van der Waals surface area contributed by atoms with Crippen molar-refractivity contribution in [2.24, 2.45) is 0 Å². The fourth-order valence-electron chi connectivity index (χ4n) is 1.79. The second-order valence-electron chi connectivity index (χ2n) is 4.83. The van der Waals surface area contributed by atoms with Gasteiger partial charge in [0, 0.05) is 12.2 Å². The predicted octanol–water partition coefficient (Wildman–Crippen LogP) is 3.93. The number of rotatable bonds is 5. The lowest BCUT2D eigenvalue weighted by molar-refractivity contribution is 0.242. The molecule has 0 saturated heterocycles. The maximum Gasteiger partial charge on any atom is 0.165 e. The maximum atomic E-state index is 13.2. The van der Waals surface area contributed by atoms with E-state index in [0.29, 0.717) is 6.54 Å². The van der Waals surface area contributed by atoms with Crippen molar-refractivity contribution in [2.75, 3.05) is 5.32 Å². The fourth-order valence-corrected chi connectivity index (χ4v) is 1.79. The van der Waals surface area contributed by atoms with Crippen molar-refractivity contribution < 1.29 is 14.2 Å². The highest BCUT2D eigenvalue weighted by atomic mass is 19.1. The Morgan fingerprint density at radius 3 is 2.45 bits per heavy atom. The molecule has 0 radical (unpaired) electrons. The van der Waals surface area contributed by atoms with Gasteiger partial charge in [-0.3, -0.25) is 0 Å². The summed E-state index contributed by atoms with van der Waals surface area (Å²) in [5.41, 5.74) is 1.69. The van der Waals surface area contributed by atoms with Gasteiger partial charge in [-0.1, -0.05) is 6.07 Å². The summed E-state index contributed by atoms with van der Waals surface area (Å²) < 4.78 is 18.7. The molecule has 2 aromatic rings. The second kappa shape index (κ2) is 6.28. The Bertz CT molecular complexity index is 567. The molecule has 4 heteroatoms. The number of ether oxygens (including phenoxy) is 1. The molecule has 0 heterocycles. The molecular formula is C16H18FNO2. The summed E-state index contributed by atoms with van der Waals surface area (Å²) in [5.74, 6) is -0.116. The molecule has 2 N–H and O–H groups in total. The summed E-state index contributed by atoms with van der Waals surface area (Å²) in [5, 5.41) is 12.3. The van der Waals surface area contributed by atoms with E-state index < -0.39 is 5.82 Å². The van der Waals surface area contributed by atoms with Crippen molar-refractivity contribution in [3.8, 4) is 11.5 Å². The number of phenols is 1. The molecule has 0 bridgehead atoms. The van der Waals surface area contributed by atoms with E-state index in [1.54, 1.807) is 6.07 Å². The zero-order valence-corrected chi connectivity index (χ0v) is 11.6. The highest BCUT2D eigenvalue weighted by molar-refractivity contribution is 5.47. The number of aromatic hydroxyl groups is 1. The van der Waals surface area contributed by atoms with Gasteiger partial charge in [-0.15, -0.1) is 0 Å². The van der Waals surface area contributed by atoms with Crippen LogP contribution in [0.2, 0.25) is 0 Å². The van der Waals surface area contributed by atoms with E-state index in [1.165, 1.54) is 12.1 Å². The van der Waals surface area contributed by atoms with Gasteiger partial charge in [-0.25, -0.2) is 4.39 Å². The average molecular weight is 275 g/mol. The molecule has 0 saturated carbocycles. The molecule has 2 rings (SSSR count). The zero-order chi connectivity index (χ0) is 14.5. The van der Waals surface area contributed by atoms with Crippen LogP contribution in [0, 0.1) is 5.82 Å². The SMILES string of the molecule is CC(C)Oc1ccc(NCc2ccc(O)c(F)c2)cc1. The van der Waals surface area contributed by atoms with Crippen LogP contribution in [0.15, 0.2) is 42.5 Å². The van der Waals surface area contributed by atoms with Gasteiger partial charge < -0.3 is 15.2 Å². The summed E-state index contributed by atoms with van der Waals surface area (Å²) in [7, 11) is 0.